The lowest BCUT2D eigenvalue weighted by Gasteiger charge is -2.09. The van der Waals surface area contributed by atoms with Gasteiger partial charge in [-0.2, -0.15) is 0 Å². The number of carbonyl (C=O) groups is 2. The summed E-state index contributed by atoms with van der Waals surface area (Å²) in [7, 11) is 1.33. The fraction of sp³-hybridized carbons (Fsp3) is 0.217. The fourth-order valence-electron chi connectivity index (χ4n) is 3.31. The van der Waals surface area contributed by atoms with Gasteiger partial charge in [-0.05, 0) is 40.0 Å². The first-order valence-corrected chi connectivity index (χ1v) is 13.0. The first-order valence-electron chi connectivity index (χ1n) is 10.4. The number of furan rings is 1. The van der Waals surface area contributed by atoms with Gasteiger partial charge in [0.25, 0.3) is 0 Å². The summed E-state index contributed by atoms with van der Waals surface area (Å²) in [6.45, 7) is 2.74. The molecule has 1 aromatic carbocycles. The number of benzene rings is 1. The molecule has 0 unspecified atom stereocenters. The molecule has 0 bridgehead atoms. The number of aromatic nitrogens is 3. The maximum Gasteiger partial charge on any atom is 0.341 e. The minimum Gasteiger partial charge on any atom is -0.465 e. The van der Waals surface area contributed by atoms with Crippen LogP contribution in [0.3, 0.4) is 0 Å². The fourth-order valence-corrected chi connectivity index (χ4v) is 5.36. The van der Waals surface area contributed by atoms with Gasteiger partial charge in [0.1, 0.15) is 10.6 Å². The van der Waals surface area contributed by atoms with Gasteiger partial charge in [-0.15, -0.1) is 21.5 Å². The van der Waals surface area contributed by atoms with Gasteiger partial charge < -0.3 is 14.5 Å². The van der Waals surface area contributed by atoms with E-state index >= 15 is 0 Å². The number of methoxy groups -OCH3 is 1. The second kappa shape index (κ2) is 11.0. The van der Waals surface area contributed by atoms with E-state index in [2.05, 4.69) is 38.4 Å². The molecule has 0 aliphatic carbocycles. The van der Waals surface area contributed by atoms with Crippen LogP contribution < -0.4 is 5.32 Å². The Labute approximate surface area is 212 Å². The first kappa shape index (κ1) is 24.2. The summed E-state index contributed by atoms with van der Waals surface area (Å²) >= 11 is 5.86. The molecule has 0 atom stereocenters. The highest BCUT2D eigenvalue weighted by Gasteiger charge is 2.23. The number of hydrogen-bond acceptors (Lipinski definition) is 8. The molecule has 34 heavy (non-hydrogen) atoms. The quantitative estimate of drug-likeness (QED) is 0.199. The molecule has 0 saturated carbocycles. The summed E-state index contributed by atoms with van der Waals surface area (Å²) in [6, 6.07) is 13.1. The molecule has 1 N–H and O–H groups in total. The Morgan fingerprint density at radius 3 is 2.68 bits per heavy atom. The Morgan fingerprint density at radius 2 is 2.00 bits per heavy atom. The third kappa shape index (κ3) is 5.26. The number of anilines is 1. The van der Waals surface area contributed by atoms with Gasteiger partial charge in [-0.3, -0.25) is 9.36 Å². The summed E-state index contributed by atoms with van der Waals surface area (Å²) in [6.07, 6.45) is 0.868. The van der Waals surface area contributed by atoms with E-state index in [1.54, 1.807) is 6.07 Å². The Kier molecular flexibility index (Phi) is 7.86. The zero-order valence-corrected chi connectivity index (χ0v) is 21.6. The number of carbonyl (C=O) groups excluding carboxylic acids is 2. The van der Waals surface area contributed by atoms with Crippen LogP contribution in [0.4, 0.5) is 5.00 Å². The van der Waals surface area contributed by atoms with E-state index in [9.17, 15) is 9.59 Å². The molecule has 3 heterocycles. The maximum atomic E-state index is 12.8. The van der Waals surface area contributed by atoms with Gasteiger partial charge >= 0.3 is 5.97 Å². The summed E-state index contributed by atoms with van der Waals surface area (Å²) < 4.78 is 13.1. The molecule has 1 amide bonds. The van der Waals surface area contributed by atoms with Crippen LogP contribution in [0.25, 0.3) is 22.7 Å². The average Bonchev–Trinajstić information content (AvgIpc) is 3.56. The zero-order valence-electron chi connectivity index (χ0n) is 18.4. The number of ether oxygens (including phenoxy) is 1. The second-order valence-electron chi connectivity index (χ2n) is 7.11. The first-order chi connectivity index (χ1) is 16.5. The summed E-state index contributed by atoms with van der Waals surface area (Å²) in [4.78, 5) is 25.3. The van der Waals surface area contributed by atoms with Gasteiger partial charge in [-0.25, -0.2) is 4.79 Å². The number of nitrogens with one attached hydrogen (secondary N) is 1. The monoisotopic (exact) mass is 560 g/mol. The van der Waals surface area contributed by atoms with Crippen LogP contribution in [0, 0.1) is 0 Å². The molecule has 0 fully saturated rings. The Morgan fingerprint density at radius 1 is 1.21 bits per heavy atom. The maximum absolute atomic E-state index is 12.8. The van der Waals surface area contributed by atoms with Crippen molar-refractivity contribution in [1.82, 2.24) is 14.8 Å². The van der Waals surface area contributed by atoms with Crippen molar-refractivity contribution < 1.29 is 18.7 Å². The van der Waals surface area contributed by atoms with Gasteiger partial charge in [0.2, 0.25) is 11.7 Å². The number of rotatable bonds is 9. The van der Waals surface area contributed by atoms with Crippen LogP contribution in [0.5, 0.6) is 0 Å². The van der Waals surface area contributed by atoms with Gasteiger partial charge in [-0.1, -0.05) is 49.0 Å². The highest BCUT2D eigenvalue weighted by molar-refractivity contribution is 9.10. The largest absolute Gasteiger partial charge is 0.465 e. The highest BCUT2D eigenvalue weighted by atomic mass is 79.9. The standard InChI is InChI=1S/C23H21BrN4O4S2/c1-3-11-28-20(16-9-10-17(24)32-16)26-27-23(28)34-13-18(29)25-21-19(22(30)31-2)15(12-33-21)14-7-5-4-6-8-14/h4-10,12H,3,11,13H2,1-2H3,(H,25,29). The molecule has 3 aromatic heterocycles. The van der Waals surface area contributed by atoms with Crippen LogP contribution in [0.15, 0.2) is 62.1 Å². The molecule has 4 aromatic rings. The number of thioether (sulfide) groups is 1. The lowest BCUT2D eigenvalue weighted by Crippen LogP contribution is -2.16. The zero-order chi connectivity index (χ0) is 24.1. The molecule has 176 valence electrons. The molecule has 0 aliphatic rings. The minimum atomic E-state index is -0.500. The summed E-state index contributed by atoms with van der Waals surface area (Å²) in [5, 5.41) is 14.3. The van der Waals surface area contributed by atoms with Crippen LogP contribution >= 0.6 is 39.0 Å². The molecule has 4 rings (SSSR count). The smallest absolute Gasteiger partial charge is 0.341 e. The van der Waals surface area contributed by atoms with Crippen LogP contribution in [-0.4, -0.2) is 39.5 Å². The normalized spacial score (nSPS) is 10.9. The summed E-state index contributed by atoms with van der Waals surface area (Å²) in [5.41, 5.74) is 1.94. The molecule has 0 saturated heterocycles. The highest BCUT2D eigenvalue weighted by Crippen LogP contribution is 2.36. The SMILES string of the molecule is CCCn1c(SCC(=O)Nc2scc(-c3ccccc3)c2C(=O)OC)nnc1-c1ccc(Br)o1. The van der Waals surface area contributed by atoms with Gasteiger partial charge in [0.05, 0.1) is 12.9 Å². The van der Waals surface area contributed by atoms with E-state index in [-0.39, 0.29) is 11.7 Å². The predicted octanol–water partition coefficient (Wildman–Crippen LogP) is 5.96. The van der Waals surface area contributed by atoms with E-state index in [1.165, 1.54) is 30.2 Å². The number of esters is 1. The third-order valence-corrected chi connectivity index (χ3v) is 7.10. The van der Waals surface area contributed by atoms with Crippen molar-refractivity contribution in [2.24, 2.45) is 0 Å². The molecule has 0 aliphatic heterocycles. The number of amides is 1. The Balaban J connectivity index is 1.50. The van der Waals surface area contributed by atoms with Crippen molar-refractivity contribution in [3.63, 3.8) is 0 Å². The molecule has 11 heteroatoms. The number of nitrogens with zero attached hydrogens (tertiary/aromatic N) is 3. The Bertz CT molecular complexity index is 1300. The van der Waals surface area contributed by atoms with Crippen molar-refractivity contribution >= 4 is 55.9 Å². The van der Waals surface area contributed by atoms with E-state index in [1.807, 2.05) is 46.3 Å². The van der Waals surface area contributed by atoms with Crippen molar-refractivity contribution in [2.75, 3.05) is 18.2 Å². The van der Waals surface area contributed by atoms with Crippen LogP contribution in [0.1, 0.15) is 23.7 Å². The molecular weight excluding hydrogens is 540 g/mol. The van der Waals surface area contributed by atoms with E-state index in [4.69, 9.17) is 9.15 Å². The summed E-state index contributed by atoms with van der Waals surface area (Å²) in [5.74, 6) is 0.543. The van der Waals surface area contributed by atoms with Crippen molar-refractivity contribution in [2.45, 2.75) is 25.0 Å². The van der Waals surface area contributed by atoms with E-state index < -0.39 is 5.97 Å². The molecule has 0 spiro atoms. The Hall–Kier alpha value is -2.89. The predicted molar refractivity (Wildman–Crippen MR) is 136 cm³/mol. The number of hydrogen-bond donors (Lipinski definition) is 1. The van der Waals surface area contributed by atoms with Crippen LogP contribution in [0.2, 0.25) is 0 Å². The van der Waals surface area contributed by atoms with Crippen molar-refractivity contribution in [3.8, 4) is 22.7 Å². The second-order valence-corrected chi connectivity index (χ2v) is 9.71. The lowest BCUT2D eigenvalue weighted by atomic mass is 10.0. The average molecular weight is 561 g/mol. The lowest BCUT2D eigenvalue weighted by molar-refractivity contribution is -0.113. The topological polar surface area (TPSA) is 99.2 Å². The van der Waals surface area contributed by atoms with E-state index in [0.29, 0.717) is 38.5 Å². The minimum absolute atomic E-state index is 0.100. The van der Waals surface area contributed by atoms with E-state index in [0.717, 1.165) is 17.5 Å². The van der Waals surface area contributed by atoms with Crippen LogP contribution in [-0.2, 0) is 16.1 Å². The molecule has 0 radical (unpaired) electrons. The van der Waals surface area contributed by atoms with Gasteiger partial charge in [0.15, 0.2) is 15.6 Å². The number of thiophene rings is 1. The van der Waals surface area contributed by atoms with Crippen molar-refractivity contribution in [1.29, 1.82) is 0 Å². The number of halogens is 1. The molecule has 8 nitrogen and oxygen atoms in total. The van der Waals surface area contributed by atoms with Crippen molar-refractivity contribution in [3.05, 3.63) is 58.1 Å². The third-order valence-electron chi connectivity index (χ3n) is 4.81. The van der Waals surface area contributed by atoms with Gasteiger partial charge in [0, 0.05) is 17.5 Å². The molecular formula is C23H21BrN4O4S2.